The fourth-order valence-electron chi connectivity index (χ4n) is 1.33. The molecule has 6 heteroatoms. The van der Waals surface area contributed by atoms with Crippen LogP contribution in [0, 0.1) is 28.5 Å². The molecule has 19 heavy (non-hydrogen) atoms. The lowest BCUT2D eigenvalue weighted by atomic mass is 10.0. The molecule has 0 fully saturated rings. The number of nitriles is 1. The Labute approximate surface area is 109 Å². The smallest absolute Gasteiger partial charge is 0.341 e. The van der Waals surface area contributed by atoms with Crippen LogP contribution in [0.5, 0.6) is 0 Å². The molecule has 0 aliphatic rings. The van der Waals surface area contributed by atoms with Gasteiger partial charge in [0.15, 0.2) is 12.4 Å². The monoisotopic (exact) mass is 262 g/mol. The quantitative estimate of drug-likeness (QED) is 0.646. The zero-order valence-electron chi connectivity index (χ0n) is 10.1. The summed E-state index contributed by atoms with van der Waals surface area (Å²) in [4.78, 5) is 23.0. The van der Waals surface area contributed by atoms with Crippen molar-refractivity contribution < 1.29 is 18.7 Å². The Morgan fingerprint density at radius 1 is 1.47 bits per heavy atom. The molecule has 0 radical (unpaired) electrons. The Morgan fingerprint density at radius 2 is 2.11 bits per heavy atom. The van der Waals surface area contributed by atoms with Gasteiger partial charge >= 0.3 is 5.97 Å². The number of nitrogens with zero attached hydrogens (tertiary/aromatic N) is 1. The first kappa shape index (κ1) is 14.5. The van der Waals surface area contributed by atoms with Crippen molar-refractivity contribution in [2.45, 2.75) is 6.92 Å². The lowest BCUT2D eigenvalue weighted by Crippen LogP contribution is -2.25. The van der Waals surface area contributed by atoms with Gasteiger partial charge in [-0.1, -0.05) is 12.1 Å². The van der Waals surface area contributed by atoms with Crippen LogP contribution in [0.25, 0.3) is 0 Å². The van der Waals surface area contributed by atoms with Crippen LogP contribution in [-0.2, 0) is 9.53 Å². The maximum absolute atomic E-state index is 13.2. The second-order valence-electron chi connectivity index (χ2n) is 3.77. The number of hydrogen-bond donors (Lipinski definition) is 1. The van der Waals surface area contributed by atoms with E-state index in [0.29, 0.717) is 0 Å². The molecule has 1 unspecified atom stereocenters. The molecule has 0 saturated heterocycles. The van der Waals surface area contributed by atoms with Crippen molar-refractivity contribution >= 4 is 17.5 Å². The summed E-state index contributed by atoms with van der Waals surface area (Å²) in [7, 11) is 0. The molecule has 1 N–H and O–H groups in total. The van der Waals surface area contributed by atoms with E-state index >= 15 is 0 Å². The highest BCUT2D eigenvalue weighted by Gasteiger charge is 2.22. The van der Waals surface area contributed by atoms with Gasteiger partial charge in [-0.3, -0.25) is 4.79 Å². The number of carbonyl (C=O) groups excluding carboxylic acids is 2. The molecule has 1 rings (SSSR count). The van der Waals surface area contributed by atoms with Gasteiger partial charge < -0.3 is 10.1 Å². The van der Waals surface area contributed by atoms with Gasteiger partial charge in [0, 0.05) is 5.71 Å². The molecule has 1 atom stereocenters. The zero-order chi connectivity index (χ0) is 14.4. The highest BCUT2D eigenvalue weighted by molar-refractivity contribution is 6.06. The maximum Gasteiger partial charge on any atom is 0.341 e. The molecule has 0 saturated carbocycles. The van der Waals surface area contributed by atoms with Gasteiger partial charge in [0.2, 0.25) is 0 Å². The van der Waals surface area contributed by atoms with E-state index < -0.39 is 30.1 Å². The molecule has 1 aromatic carbocycles. The van der Waals surface area contributed by atoms with Gasteiger partial charge in [-0.25, -0.2) is 9.18 Å². The predicted molar refractivity (Wildman–Crippen MR) is 64.2 cm³/mol. The lowest BCUT2D eigenvalue weighted by molar-refractivity contribution is -0.122. The number of nitrogens with one attached hydrogen (secondary N) is 1. The molecule has 0 aliphatic carbocycles. The van der Waals surface area contributed by atoms with Gasteiger partial charge in [0.1, 0.15) is 11.7 Å². The van der Waals surface area contributed by atoms with Gasteiger partial charge in [-0.05, 0) is 19.1 Å². The van der Waals surface area contributed by atoms with E-state index in [2.05, 4.69) is 4.74 Å². The Balaban J connectivity index is 2.66. The number of Topliss-reactive ketones (excluding diaryl/α,β-unsaturated/α-hetero) is 1. The Morgan fingerprint density at radius 3 is 2.63 bits per heavy atom. The number of hydrogen-bond acceptors (Lipinski definition) is 5. The average Bonchev–Trinajstić information content (AvgIpc) is 2.37. The van der Waals surface area contributed by atoms with Crippen LogP contribution in [0.1, 0.15) is 17.3 Å². The van der Waals surface area contributed by atoms with Crippen molar-refractivity contribution in [3.63, 3.8) is 0 Å². The number of benzene rings is 1. The second-order valence-corrected chi connectivity index (χ2v) is 3.77. The zero-order valence-corrected chi connectivity index (χ0v) is 10.1. The average molecular weight is 262 g/mol. The van der Waals surface area contributed by atoms with E-state index in [-0.39, 0.29) is 11.3 Å². The minimum Gasteiger partial charge on any atom is -0.454 e. The normalized spacial score (nSPS) is 11.2. The number of carbonyl (C=O) groups is 2. The van der Waals surface area contributed by atoms with Crippen LogP contribution in [-0.4, -0.2) is 24.1 Å². The summed E-state index contributed by atoms with van der Waals surface area (Å²) in [5.74, 6) is -3.68. The molecule has 0 bridgehead atoms. The number of halogens is 1. The van der Waals surface area contributed by atoms with E-state index in [1.54, 1.807) is 6.07 Å². The van der Waals surface area contributed by atoms with Crippen LogP contribution in [0.15, 0.2) is 24.3 Å². The fourth-order valence-corrected chi connectivity index (χ4v) is 1.33. The van der Waals surface area contributed by atoms with E-state index in [1.165, 1.54) is 25.1 Å². The van der Waals surface area contributed by atoms with Gasteiger partial charge in [0.25, 0.3) is 0 Å². The first-order valence-corrected chi connectivity index (χ1v) is 5.36. The Bertz CT molecular complexity index is 563. The first-order valence-electron chi connectivity index (χ1n) is 5.36. The van der Waals surface area contributed by atoms with E-state index in [4.69, 9.17) is 10.7 Å². The SMILES string of the molecule is CC(=N)C(C#N)C(=O)COC(=O)c1ccccc1F. The van der Waals surface area contributed by atoms with Crippen LogP contribution in [0.4, 0.5) is 4.39 Å². The molecule has 0 aromatic heterocycles. The van der Waals surface area contributed by atoms with Gasteiger partial charge in [0.05, 0.1) is 11.6 Å². The van der Waals surface area contributed by atoms with Crippen molar-refractivity contribution in [2.24, 2.45) is 5.92 Å². The third kappa shape index (κ3) is 3.71. The van der Waals surface area contributed by atoms with Crippen LogP contribution < -0.4 is 0 Å². The number of rotatable bonds is 5. The Kier molecular flexibility index (Phi) is 4.89. The summed E-state index contributed by atoms with van der Waals surface area (Å²) in [6, 6.07) is 6.84. The topological polar surface area (TPSA) is 91.0 Å². The molecule has 0 heterocycles. The molecule has 0 aliphatic heterocycles. The summed E-state index contributed by atoms with van der Waals surface area (Å²) in [5.41, 5.74) is -0.412. The highest BCUT2D eigenvalue weighted by Crippen LogP contribution is 2.08. The lowest BCUT2D eigenvalue weighted by Gasteiger charge is -2.07. The van der Waals surface area contributed by atoms with E-state index in [1.807, 2.05) is 0 Å². The van der Waals surface area contributed by atoms with Crippen molar-refractivity contribution in [1.82, 2.24) is 0 Å². The molecular weight excluding hydrogens is 251 g/mol. The van der Waals surface area contributed by atoms with Gasteiger partial charge in [-0.15, -0.1) is 0 Å². The molecule has 0 amide bonds. The molecular formula is C13H11FN2O3. The summed E-state index contributed by atoms with van der Waals surface area (Å²) < 4.78 is 17.9. The summed E-state index contributed by atoms with van der Waals surface area (Å²) >= 11 is 0. The highest BCUT2D eigenvalue weighted by atomic mass is 19.1. The van der Waals surface area contributed by atoms with Crippen LogP contribution >= 0.6 is 0 Å². The largest absolute Gasteiger partial charge is 0.454 e. The summed E-state index contributed by atoms with van der Waals surface area (Å²) in [6.45, 7) is 0.645. The maximum atomic E-state index is 13.2. The standard InChI is InChI=1S/C13H11FN2O3/c1-8(16)10(6-15)12(17)7-19-13(18)9-4-2-3-5-11(9)14/h2-5,10,16H,7H2,1H3. The third-order valence-corrected chi connectivity index (χ3v) is 2.32. The van der Waals surface area contributed by atoms with E-state index in [0.717, 1.165) is 6.07 Å². The van der Waals surface area contributed by atoms with Crippen molar-refractivity contribution in [2.75, 3.05) is 6.61 Å². The first-order chi connectivity index (χ1) is 8.97. The molecule has 0 spiro atoms. The summed E-state index contributed by atoms with van der Waals surface area (Å²) in [5, 5.41) is 15.9. The predicted octanol–water partition coefficient (Wildman–Crippen LogP) is 1.73. The van der Waals surface area contributed by atoms with Crippen LogP contribution in [0.2, 0.25) is 0 Å². The van der Waals surface area contributed by atoms with E-state index in [9.17, 15) is 14.0 Å². The fraction of sp³-hybridized carbons (Fsp3) is 0.231. The minimum atomic E-state index is -1.24. The van der Waals surface area contributed by atoms with Crippen molar-refractivity contribution in [1.29, 1.82) is 10.7 Å². The minimum absolute atomic E-state index is 0.130. The Hall–Kier alpha value is -2.55. The van der Waals surface area contributed by atoms with Crippen LogP contribution in [0.3, 0.4) is 0 Å². The molecule has 1 aromatic rings. The van der Waals surface area contributed by atoms with Crippen molar-refractivity contribution in [3.8, 4) is 6.07 Å². The second kappa shape index (κ2) is 6.40. The molecule has 98 valence electrons. The summed E-state index contributed by atoms with van der Waals surface area (Å²) in [6.07, 6.45) is 0. The number of ketones is 1. The van der Waals surface area contributed by atoms with Gasteiger partial charge in [-0.2, -0.15) is 5.26 Å². The third-order valence-electron chi connectivity index (χ3n) is 2.32. The number of ether oxygens (including phenoxy) is 1. The number of esters is 1. The molecule has 5 nitrogen and oxygen atoms in total. The van der Waals surface area contributed by atoms with Crippen molar-refractivity contribution in [3.05, 3.63) is 35.6 Å².